The van der Waals surface area contributed by atoms with Crippen LogP contribution in [0.3, 0.4) is 0 Å². The fourth-order valence-corrected chi connectivity index (χ4v) is 3.59. The number of rotatable bonds is 5. The average Bonchev–Trinajstić information content (AvgIpc) is 2.68. The van der Waals surface area contributed by atoms with Crippen LogP contribution in [0.25, 0.3) is 0 Å². The number of hydrogen-bond acceptors (Lipinski definition) is 5. The molecule has 1 atom stereocenters. The smallest absolute Gasteiger partial charge is 0.253 e. The lowest BCUT2D eigenvalue weighted by Gasteiger charge is -2.30. The minimum absolute atomic E-state index is 0.0861. The second kappa shape index (κ2) is 8.08. The fraction of sp³-hybridized carbons (Fsp3) is 0.316. The van der Waals surface area contributed by atoms with Gasteiger partial charge >= 0.3 is 0 Å². The van der Waals surface area contributed by atoms with Crippen molar-refractivity contribution in [3.05, 3.63) is 59.7 Å². The Hall–Kier alpha value is -2.42. The van der Waals surface area contributed by atoms with Gasteiger partial charge in [0.2, 0.25) is 10.0 Å². The molecule has 0 bridgehead atoms. The number of carbonyl (C=O) groups excluding carboxylic acids is 1. The Bertz CT molecular complexity index is 910. The van der Waals surface area contributed by atoms with E-state index in [9.17, 15) is 13.2 Å². The van der Waals surface area contributed by atoms with Crippen molar-refractivity contribution in [3.63, 3.8) is 0 Å². The zero-order chi connectivity index (χ0) is 19.4. The molecule has 2 aromatic carbocycles. The monoisotopic (exact) mass is 389 g/mol. The summed E-state index contributed by atoms with van der Waals surface area (Å²) in [5.41, 5.74) is 1.91. The maximum Gasteiger partial charge on any atom is 0.253 e. The Morgan fingerprint density at radius 1 is 1.15 bits per heavy atom. The van der Waals surface area contributed by atoms with Gasteiger partial charge in [-0.05, 0) is 30.7 Å². The van der Waals surface area contributed by atoms with Crippen LogP contribution in [0.2, 0.25) is 0 Å². The van der Waals surface area contributed by atoms with Gasteiger partial charge in [0.1, 0.15) is 0 Å². The van der Waals surface area contributed by atoms with Gasteiger partial charge < -0.3 is 15.0 Å². The molecule has 0 aromatic heterocycles. The van der Waals surface area contributed by atoms with Gasteiger partial charge in [0.05, 0.1) is 29.7 Å². The highest BCUT2D eigenvalue weighted by molar-refractivity contribution is 7.89. The van der Waals surface area contributed by atoms with Crippen LogP contribution in [0.4, 0.5) is 5.69 Å². The summed E-state index contributed by atoms with van der Waals surface area (Å²) < 4.78 is 28.9. The van der Waals surface area contributed by atoms with E-state index in [0.29, 0.717) is 32.0 Å². The minimum atomic E-state index is -3.91. The van der Waals surface area contributed by atoms with Crippen LogP contribution in [0.15, 0.2) is 53.4 Å². The van der Waals surface area contributed by atoms with E-state index in [4.69, 9.17) is 9.88 Å². The van der Waals surface area contributed by atoms with E-state index in [-0.39, 0.29) is 22.4 Å². The van der Waals surface area contributed by atoms with Crippen LogP contribution in [-0.2, 0) is 14.8 Å². The summed E-state index contributed by atoms with van der Waals surface area (Å²) in [5, 5.41) is 8.19. The van der Waals surface area contributed by atoms with Crippen LogP contribution in [0.1, 0.15) is 28.9 Å². The standard InChI is InChI=1S/C19H23N3O4S/c1-14(15-5-3-2-4-6-15)21-19(23)17-13-16(27(20,24)25)7-8-18(17)22-9-11-26-12-10-22/h2-8,13-14H,9-12H2,1H3,(H,21,23)(H2,20,24,25). The van der Waals surface area contributed by atoms with Gasteiger partial charge in [0, 0.05) is 18.8 Å². The van der Waals surface area contributed by atoms with E-state index in [0.717, 1.165) is 5.56 Å². The van der Waals surface area contributed by atoms with Crippen molar-refractivity contribution in [2.45, 2.75) is 17.9 Å². The molecule has 0 aliphatic carbocycles. The first-order chi connectivity index (χ1) is 12.9. The summed E-state index contributed by atoms with van der Waals surface area (Å²) in [5.74, 6) is -0.349. The second-order valence-corrected chi connectivity index (χ2v) is 7.99. The van der Waals surface area contributed by atoms with Crippen molar-refractivity contribution in [2.24, 2.45) is 5.14 Å². The van der Waals surface area contributed by atoms with Gasteiger partial charge in [0.15, 0.2) is 0 Å². The number of nitrogens with zero attached hydrogens (tertiary/aromatic N) is 1. The molecule has 1 heterocycles. The van der Waals surface area contributed by atoms with Gasteiger partial charge in [0.25, 0.3) is 5.91 Å². The number of carbonyl (C=O) groups is 1. The third-order valence-electron chi connectivity index (χ3n) is 4.54. The number of primary sulfonamides is 1. The molecule has 3 rings (SSSR count). The first kappa shape index (κ1) is 19.3. The molecule has 0 spiro atoms. The topological polar surface area (TPSA) is 102 Å². The summed E-state index contributed by atoms with van der Waals surface area (Å²) in [6, 6.07) is 13.7. The van der Waals surface area contributed by atoms with Crippen molar-refractivity contribution in [1.82, 2.24) is 5.32 Å². The molecule has 1 aliphatic heterocycles. The average molecular weight is 389 g/mol. The fourth-order valence-electron chi connectivity index (χ4n) is 3.05. The SMILES string of the molecule is CC(NC(=O)c1cc(S(N)(=O)=O)ccc1N1CCOCC1)c1ccccc1. The molecular weight excluding hydrogens is 366 g/mol. The summed E-state index contributed by atoms with van der Waals surface area (Å²) >= 11 is 0. The number of anilines is 1. The van der Waals surface area contributed by atoms with Crippen molar-refractivity contribution < 1.29 is 17.9 Å². The molecule has 0 radical (unpaired) electrons. The molecule has 1 aliphatic rings. The lowest BCUT2D eigenvalue weighted by atomic mass is 10.1. The Morgan fingerprint density at radius 3 is 2.44 bits per heavy atom. The van der Waals surface area contributed by atoms with Gasteiger partial charge in [-0.25, -0.2) is 13.6 Å². The van der Waals surface area contributed by atoms with Gasteiger partial charge in [-0.1, -0.05) is 30.3 Å². The molecule has 1 unspecified atom stereocenters. The Morgan fingerprint density at radius 2 is 1.81 bits per heavy atom. The zero-order valence-electron chi connectivity index (χ0n) is 15.1. The maximum absolute atomic E-state index is 13.0. The molecule has 27 heavy (non-hydrogen) atoms. The predicted molar refractivity (Wildman–Crippen MR) is 103 cm³/mol. The van der Waals surface area contributed by atoms with Crippen LogP contribution in [0.5, 0.6) is 0 Å². The van der Waals surface area contributed by atoms with E-state index >= 15 is 0 Å². The van der Waals surface area contributed by atoms with Gasteiger partial charge in [-0.3, -0.25) is 4.79 Å². The van der Waals surface area contributed by atoms with Crippen LogP contribution < -0.4 is 15.4 Å². The van der Waals surface area contributed by atoms with E-state index in [1.807, 2.05) is 42.2 Å². The lowest BCUT2D eigenvalue weighted by molar-refractivity contribution is 0.0938. The number of sulfonamides is 1. The predicted octanol–water partition coefficient (Wildman–Crippen LogP) is 1.66. The quantitative estimate of drug-likeness (QED) is 0.810. The van der Waals surface area contributed by atoms with E-state index in [1.54, 1.807) is 6.07 Å². The molecule has 144 valence electrons. The number of amides is 1. The highest BCUT2D eigenvalue weighted by Crippen LogP contribution is 2.25. The van der Waals surface area contributed by atoms with Gasteiger partial charge in [-0.15, -0.1) is 0 Å². The molecule has 3 N–H and O–H groups in total. The molecule has 1 fully saturated rings. The first-order valence-corrected chi connectivity index (χ1v) is 10.3. The lowest BCUT2D eigenvalue weighted by Crippen LogP contribution is -2.38. The molecule has 1 amide bonds. The Balaban J connectivity index is 1.93. The number of hydrogen-bond donors (Lipinski definition) is 2. The van der Waals surface area contributed by atoms with Crippen molar-refractivity contribution in [2.75, 3.05) is 31.2 Å². The summed E-state index contributed by atoms with van der Waals surface area (Å²) in [6.45, 7) is 4.24. The third-order valence-corrected chi connectivity index (χ3v) is 5.45. The van der Waals surface area contributed by atoms with Crippen LogP contribution in [-0.4, -0.2) is 40.6 Å². The van der Waals surface area contributed by atoms with Crippen LogP contribution >= 0.6 is 0 Å². The normalized spacial score (nSPS) is 16.0. The van der Waals surface area contributed by atoms with Crippen molar-refractivity contribution in [1.29, 1.82) is 0 Å². The number of morpholine rings is 1. The van der Waals surface area contributed by atoms with Crippen molar-refractivity contribution >= 4 is 21.6 Å². The highest BCUT2D eigenvalue weighted by atomic mass is 32.2. The number of nitrogens with two attached hydrogens (primary N) is 1. The Labute approximate surface area is 159 Å². The number of benzene rings is 2. The molecule has 7 nitrogen and oxygen atoms in total. The van der Waals surface area contributed by atoms with Crippen molar-refractivity contribution in [3.8, 4) is 0 Å². The van der Waals surface area contributed by atoms with E-state index in [1.165, 1.54) is 12.1 Å². The molecule has 8 heteroatoms. The number of ether oxygens (including phenoxy) is 1. The largest absolute Gasteiger partial charge is 0.378 e. The summed E-state index contributed by atoms with van der Waals surface area (Å²) in [6.07, 6.45) is 0. The van der Waals surface area contributed by atoms with Gasteiger partial charge in [-0.2, -0.15) is 0 Å². The van der Waals surface area contributed by atoms with E-state index < -0.39 is 10.0 Å². The Kier molecular flexibility index (Phi) is 5.79. The minimum Gasteiger partial charge on any atom is -0.378 e. The summed E-state index contributed by atoms with van der Waals surface area (Å²) in [7, 11) is -3.91. The maximum atomic E-state index is 13.0. The molecule has 0 saturated carbocycles. The summed E-state index contributed by atoms with van der Waals surface area (Å²) in [4.78, 5) is 14.9. The highest BCUT2D eigenvalue weighted by Gasteiger charge is 2.22. The second-order valence-electron chi connectivity index (χ2n) is 6.43. The molecular formula is C19H23N3O4S. The zero-order valence-corrected chi connectivity index (χ0v) is 15.9. The molecule has 1 saturated heterocycles. The first-order valence-electron chi connectivity index (χ1n) is 8.71. The van der Waals surface area contributed by atoms with E-state index in [2.05, 4.69) is 5.32 Å². The third kappa shape index (κ3) is 4.65. The van der Waals surface area contributed by atoms with Crippen LogP contribution in [0, 0.1) is 0 Å². The number of nitrogens with one attached hydrogen (secondary N) is 1. The molecule has 2 aromatic rings.